The van der Waals surface area contributed by atoms with Crippen LogP contribution in [-0.4, -0.2) is 24.0 Å². The molecule has 0 aliphatic carbocycles. The van der Waals surface area contributed by atoms with Gasteiger partial charge in [-0.15, -0.1) is 0 Å². The first kappa shape index (κ1) is 12.6. The minimum atomic E-state index is -0.433. The molecule has 0 radical (unpaired) electrons. The van der Waals surface area contributed by atoms with E-state index in [9.17, 15) is 14.9 Å². The SMILES string of the molecule is COC(=O)C(C)NCc1ccc([N+](=O)[O-])s1. The van der Waals surface area contributed by atoms with Crippen molar-refractivity contribution in [1.82, 2.24) is 5.32 Å². The smallest absolute Gasteiger partial charge is 0.324 e. The van der Waals surface area contributed by atoms with Gasteiger partial charge in [0.05, 0.1) is 12.0 Å². The summed E-state index contributed by atoms with van der Waals surface area (Å²) in [6.45, 7) is 2.09. The van der Waals surface area contributed by atoms with Crippen LogP contribution in [0.15, 0.2) is 12.1 Å². The van der Waals surface area contributed by atoms with Crippen molar-refractivity contribution in [2.45, 2.75) is 19.5 Å². The van der Waals surface area contributed by atoms with Crippen molar-refractivity contribution in [2.24, 2.45) is 0 Å². The van der Waals surface area contributed by atoms with Crippen LogP contribution in [-0.2, 0) is 16.1 Å². The summed E-state index contributed by atoms with van der Waals surface area (Å²) in [5.41, 5.74) is 0. The molecule has 1 aromatic heterocycles. The molecule has 0 bridgehead atoms. The highest BCUT2D eigenvalue weighted by molar-refractivity contribution is 7.15. The van der Waals surface area contributed by atoms with Crippen molar-refractivity contribution < 1.29 is 14.5 Å². The number of hydrogen-bond acceptors (Lipinski definition) is 6. The minimum absolute atomic E-state index is 0.0996. The van der Waals surface area contributed by atoms with Gasteiger partial charge < -0.3 is 4.74 Å². The molecule has 1 heterocycles. The highest BCUT2D eigenvalue weighted by Gasteiger charge is 2.14. The number of rotatable bonds is 5. The lowest BCUT2D eigenvalue weighted by Gasteiger charge is -2.09. The molecule has 0 aliphatic rings. The van der Waals surface area contributed by atoms with Crippen molar-refractivity contribution in [3.05, 3.63) is 27.1 Å². The molecule has 1 aromatic rings. The first-order valence-electron chi connectivity index (χ1n) is 4.59. The van der Waals surface area contributed by atoms with E-state index >= 15 is 0 Å². The van der Waals surface area contributed by atoms with Crippen LogP contribution in [0.1, 0.15) is 11.8 Å². The molecule has 0 aliphatic heterocycles. The van der Waals surface area contributed by atoms with Crippen LogP contribution in [0.25, 0.3) is 0 Å². The van der Waals surface area contributed by atoms with Gasteiger partial charge in [-0.05, 0) is 13.0 Å². The molecule has 0 aromatic carbocycles. The van der Waals surface area contributed by atoms with Gasteiger partial charge in [-0.2, -0.15) is 0 Å². The van der Waals surface area contributed by atoms with Gasteiger partial charge in [0.15, 0.2) is 0 Å². The van der Waals surface area contributed by atoms with E-state index in [1.807, 2.05) is 0 Å². The molecule has 0 amide bonds. The number of nitrogens with zero attached hydrogens (tertiary/aromatic N) is 1. The zero-order valence-corrected chi connectivity index (χ0v) is 9.74. The molecule has 0 spiro atoms. The summed E-state index contributed by atoms with van der Waals surface area (Å²) in [5, 5.41) is 13.4. The van der Waals surface area contributed by atoms with Gasteiger partial charge in [0.25, 0.3) is 0 Å². The Kier molecular flexibility index (Phi) is 4.39. The Morgan fingerprint density at radius 3 is 2.88 bits per heavy atom. The third-order valence-electron chi connectivity index (χ3n) is 1.96. The normalized spacial score (nSPS) is 12.1. The van der Waals surface area contributed by atoms with Gasteiger partial charge in [0.1, 0.15) is 6.04 Å². The van der Waals surface area contributed by atoms with E-state index < -0.39 is 11.0 Å². The van der Waals surface area contributed by atoms with Gasteiger partial charge >= 0.3 is 11.0 Å². The molecule has 0 saturated heterocycles. The third-order valence-corrected chi connectivity index (χ3v) is 3.00. The van der Waals surface area contributed by atoms with Crippen molar-refractivity contribution in [3.63, 3.8) is 0 Å². The highest BCUT2D eigenvalue weighted by atomic mass is 32.1. The standard InChI is InChI=1S/C9H12N2O4S/c1-6(9(12)15-2)10-5-7-3-4-8(16-7)11(13)14/h3-4,6,10H,5H2,1-2H3. The number of nitrogens with one attached hydrogen (secondary N) is 1. The first-order valence-corrected chi connectivity index (χ1v) is 5.40. The van der Waals surface area contributed by atoms with Crippen LogP contribution >= 0.6 is 11.3 Å². The molecule has 6 nitrogen and oxygen atoms in total. The van der Waals surface area contributed by atoms with E-state index in [0.717, 1.165) is 16.2 Å². The van der Waals surface area contributed by atoms with Crippen molar-refractivity contribution >= 4 is 22.3 Å². The lowest BCUT2D eigenvalue weighted by atomic mass is 10.3. The molecular weight excluding hydrogens is 232 g/mol. The van der Waals surface area contributed by atoms with E-state index in [1.165, 1.54) is 13.2 Å². The molecule has 16 heavy (non-hydrogen) atoms. The summed E-state index contributed by atoms with van der Waals surface area (Å²) >= 11 is 1.09. The second kappa shape index (κ2) is 5.57. The third kappa shape index (κ3) is 3.28. The van der Waals surface area contributed by atoms with Crippen molar-refractivity contribution in [1.29, 1.82) is 0 Å². The van der Waals surface area contributed by atoms with Crippen LogP contribution in [0, 0.1) is 10.1 Å². The van der Waals surface area contributed by atoms with Gasteiger partial charge in [0, 0.05) is 17.5 Å². The van der Waals surface area contributed by atoms with Crippen LogP contribution in [0.3, 0.4) is 0 Å². The lowest BCUT2D eigenvalue weighted by molar-refractivity contribution is -0.380. The van der Waals surface area contributed by atoms with E-state index in [-0.39, 0.29) is 11.0 Å². The van der Waals surface area contributed by atoms with E-state index in [1.54, 1.807) is 13.0 Å². The zero-order chi connectivity index (χ0) is 12.1. The molecule has 1 atom stereocenters. The second-order valence-corrected chi connectivity index (χ2v) is 4.27. The van der Waals surface area contributed by atoms with Crippen molar-refractivity contribution in [2.75, 3.05) is 7.11 Å². The van der Waals surface area contributed by atoms with Gasteiger partial charge in [-0.3, -0.25) is 20.2 Å². The summed E-state index contributed by atoms with van der Waals surface area (Å²) in [6, 6.07) is 2.69. The molecule has 88 valence electrons. The maximum absolute atomic E-state index is 11.1. The lowest BCUT2D eigenvalue weighted by Crippen LogP contribution is -2.34. The first-order chi connectivity index (χ1) is 7.54. The molecule has 7 heteroatoms. The number of carbonyl (C=O) groups is 1. The van der Waals surface area contributed by atoms with Gasteiger partial charge in [-0.1, -0.05) is 11.3 Å². The molecule has 1 rings (SSSR count). The number of nitro groups is 1. The summed E-state index contributed by atoms with van der Waals surface area (Å²) in [4.78, 5) is 21.9. The summed E-state index contributed by atoms with van der Waals surface area (Å²) < 4.78 is 4.54. The predicted octanol–water partition coefficient (Wildman–Crippen LogP) is 1.31. The summed E-state index contributed by atoms with van der Waals surface area (Å²) in [5.74, 6) is -0.356. The number of methoxy groups -OCH3 is 1. The summed E-state index contributed by atoms with van der Waals surface area (Å²) in [6.07, 6.45) is 0. The van der Waals surface area contributed by atoms with Crippen LogP contribution < -0.4 is 5.32 Å². The van der Waals surface area contributed by atoms with Crippen LogP contribution in [0.4, 0.5) is 5.00 Å². The van der Waals surface area contributed by atoms with Crippen LogP contribution in [0.5, 0.6) is 0 Å². The zero-order valence-electron chi connectivity index (χ0n) is 8.93. The average molecular weight is 244 g/mol. The molecule has 0 saturated carbocycles. The topological polar surface area (TPSA) is 81.5 Å². The predicted molar refractivity (Wildman–Crippen MR) is 59.3 cm³/mol. The highest BCUT2D eigenvalue weighted by Crippen LogP contribution is 2.23. The van der Waals surface area contributed by atoms with Crippen molar-refractivity contribution in [3.8, 4) is 0 Å². The number of hydrogen-bond donors (Lipinski definition) is 1. The van der Waals surface area contributed by atoms with E-state index in [4.69, 9.17) is 0 Å². The fourth-order valence-electron chi connectivity index (χ4n) is 1.07. The Bertz CT molecular complexity index is 391. The molecule has 0 fully saturated rings. The maximum Gasteiger partial charge on any atom is 0.324 e. The Morgan fingerprint density at radius 1 is 1.69 bits per heavy atom. The molecule has 1 unspecified atom stereocenters. The number of thiophene rings is 1. The fraction of sp³-hybridized carbons (Fsp3) is 0.444. The van der Waals surface area contributed by atoms with E-state index in [2.05, 4.69) is 10.1 Å². The quantitative estimate of drug-likeness (QED) is 0.479. The second-order valence-electron chi connectivity index (χ2n) is 3.12. The van der Waals surface area contributed by atoms with Crippen LogP contribution in [0.2, 0.25) is 0 Å². The average Bonchev–Trinajstić information content (AvgIpc) is 2.73. The number of esters is 1. The number of carbonyl (C=O) groups excluding carboxylic acids is 1. The summed E-state index contributed by atoms with van der Waals surface area (Å²) in [7, 11) is 1.32. The maximum atomic E-state index is 11.1. The Morgan fingerprint density at radius 2 is 2.38 bits per heavy atom. The fourth-order valence-corrected chi connectivity index (χ4v) is 1.84. The Balaban J connectivity index is 2.48. The Labute approximate surface area is 96.4 Å². The molecular formula is C9H12N2O4S. The van der Waals surface area contributed by atoms with Gasteiger partial charge in [0.2, 0.25) is 0 Å². The minimum Gasteiger partial charge on any atom is -0.468 e. The van der Waals surface area contributed by atoms with E-state index in [0.29, 0.717) is 6.54 Å². The monoisotopic (exact) mass is 244 g/mol. The number of ether oxygens (including phenoxy) is 1. The van der Waals surface area contributed by atoms with Gasteiger partial charge in [-0.25, -0.2) is 0 Å². The Hall–Kier alpha value is -1.47. The molecule has 1 N–H and O–H groups in total. The largest absolute Gasteiger partial charge is 0.468 e.